The van der Waals surface area contributed by atoms with Crippen molar-refractivity contribution in [2.45, 2.75) is 0 Å². The van der Waals surface area contributed by atoms with E-state index in [0.717, 1.165) is 89.5 Å². The molecule has 0 saturated carbocycles. The maximum atomic E-state index is 5.29. The number of fused-ring (bicyclic) bond motifs is 14. The Bertz CT molecular complexity index is 7220. The molecule has 22 aromatic rings. The summed E-state index contributed by atoms with van der Waals surface area (Å²) < 4.78 is 9.70. The van der Waals surface area contributed by atoms with Crippen LogP contribution in [0, 0.1) is 0 Å². The second kappa shape index (κ2) is 27.9. The van der Waals surface area contributed by atoms with Crippen LogP contribution < -0.4 is 0 Å². The molecule has 0 aliphatic heterocycles. The molecule has 0 unspecified atom stereocenters. The first kappa shape index (κ1) is 65.7. The Balaban J connectivity index is 0.000000141. The summed E-state index contributed by atoms with van der Waals surface area (Å²) in [6, 6.07) is 127. The minimum atomic E-state index is 0.572. The van der Waals surface area contributed by atoms with Gasteiger partial charge >= 0.3 is 0 Å². The second-order valence-electron chi connectivity index (χ2n) is 27.7. The van der Waals surface area contributed by atoms with Gasteiger partial charge in [-0.05, 0) is 65.7 Å². The summed E-state index contributed by atoms with van der Waals surface area (Å²) in [7, 11) is 0. The molecule has 0 aliphatic carbocycles. The Labute approximate surface area is 652 Å². The van der Waals surface area contributed by atoms with Crippen LogP contribution in [0.5, 0.6) is 0 Å². The van der Waals surface area contributed by atoms with Gasteiger partial charge in [0.2, 0.25) is 0 Å². The molecule has 22 rings (SSSR count). The zero-order chi connectivity index (χ0) is 74.0. The lowest BCUT2D eigenvalue weighted by atomic mass is 9.98. The van der Waals surface area contributed by atoms with E-state index in [4.69, 9.17) is 39.9 Å². The van der Waals surface area contributed by atoms with Gasteiger partial charge in [-0.25, -0.2) is 29.9 Å². The standard InChI is InChI=1S/2C50H31N5S/c1-5-16-32(17-6-1)35-30-42(50-53-48(33-18-7-2-8-19-33)52-49(54-50)34-20-9-3-10-21-34)44(51-31-35)41-26-15-25-39-40-29-28-38-37-24-13-14-27-43(37)55(36-22-11-4-12-23-36)45(38)47(40)56-46(39)41;1-5-15-32(16-6-1)36-29-42(50-53-48(33-17-7-2-8-18-33)52-49(54-50)34-19-9-3-10-20-34)45(51-31-36)35-25-26-39-41-28-27-40-38-23-13-14-24-43(38)55(37-21-11-4-12-22-37)46(40)47(41)56-44(39)30-35/h2*1-31H. The zero-order valence-electron chi connectivity index (χ0n) is 60.1. The van der Waals surface area contributed by atoms with Gasteiger partial charge in [0.1, 0.15) is 0 Å². The molecule has 0 N–H and O–H groups in total. The quantitative estimate of drug-likeness (QED) is 0.119. The van der Waals surface area contributed by atoms with E-state index in [1.807, 2.05) is 169 Å². The lowest BCUT2D eigenvalue weighted by Crippen LogP contribution is -2.02. The van der Waals surface area contributed by atoms with E-state index in [1.54, 1.807) is 0 Å². The van der Waals surface area contributed by atoms with Crippen LogP contribution in [-0.4, -0.2) is 49.0 Å². The third kappa shape index (κ3) is 11.6. The Hall–Kier alpha value is -14.6. The van der Waals surface area contributed by atoms with Crippen molar-refractivity contribution in [3.05, 3.63) is 376 Å². The van der Waals surface area contributed by atoms with Gasteiger partial charge in [-0.2, -0.15) is 0 Å². The number of pyridine rings is 2. The SMILES string of the molecule is c1ccc(-c2cnc(-c3ccc4c(c3)sc3c4ccc4c5ccccc5n(-c5ccccc5)c43)c(-c3nc(-c4ccccc4)nc(-c4ccccc4)n3)c2)cc1.c1ccc(-c2cnc(-c3cccc4c3sc3c4ccc4c5ccccc5n(-c5ccccc5)c43)c(-c3nc(-c4ccccc4)nc(-c4ccccc4)n3)c2)cc1. The first-order valence-corrected chi connectivity index (χ1v) is 38.9. The van der Waals surface area contributed by atoms with Crippen LogP contribution in [0.25, 0.3) is 208 Å². The molecule has 0 atom stereocenters. The molecule has 10 nitrogen and oxygen atoms in total. The normalized spacial score (nSPS) is 11.6. The molecule has 0 saturated heterocycles. The van der Waals surface area contributed by atoms with Crippen molar-refractivity contribution < 1.29 is 0 Å². The third-order valence-corrected chi connectivity index (χ3v) is 23.4. The maximum Gasteiger partial charge on any atom is 0.166 e. The monoisotopic (exact) mass is 1470 g/mol. The largest absolute Gasteiger partial charge is 0.308 e. The smallest absolute Gasteiger partial charge is 0.166 e. The summed E-state index contributed by atoms with van der Waals surface area (Å²) in [4.78, 5) is 41.1. The van der Waals surface area contributed by atoms with Gasteiger partial charge < -0.3 is 9.13 Å². The predicted octanol–water partition coefficient (Wildman–Crippen LogP) is 26.1. The summed E-state index contributed by atoms with van der Waals surface area (Å²) in [5.41, 5.74) is 20.3. The van der Waals surface area contributed by atoms with Gasteiger partial charge in [0.25, 0.3) is 0 Å². The van der Waals surface area contributed by atoms with E-state index in [-0.39, 0.29) is 0 Å². The molecule has 0 amide bonds. The van der Waals surface area contributed by atoms with E-state index >= 15 is 0 Å². The van der Waals surface area contributed by atoms with E-state index in [2.05, 4.69) is 240 Å². The van der Waals surface area contributed by atoms with Crippen molar-refractivity contribution in [3.8, 4) is 124 Å². The van der Waals surface area contributed by atoms with Crippen molar-refractivity contribution in [2.75, 3.05) is 0 Å². The highest BCUT2D eigenvalue weighted by Gasteiger charge is 2.26. The number of aromatic nitrogens is 10. The summed E-state index contributed by atoms with van der Waals surface area (Å²) in [5, 5.41) is 9.87. The lowest BCUT2D eigenvalue weighted by molar-refractivity contribution is 1.07. The van der Waals surface area contributed by atoms with Crippen molar-refractivity contribution >= 4 is 107 Å². The molecular weight excluding hydrogens is 1410 g/mol. The molecule has 0 radical (unpaired) electrons. The lowest BCUT2D eigenvalue weighted by Gasteiger charge is -2.14. The summed E-state index contributed by atoms with van der Waals surface area (Å²) in [5.74, 6) is 3.60. The van der Waals surface area contributed by atoms with Crippen LogP contribution in [0.15, 0.2) is 376 Å². The number of nitrogens with zero attached hydrogens (tertiary/aromatic N) is 10. The summed E-state index contributed by atoms with van der Waals surface area (Å²) >= 11 is 3.66. The van der Waals surface area contributed by atoms with E-state index in [0.29, 0.717) is 34.9 Å². The van der Waals surface area contributed by atoms with Crippen LogP contribution >= 0.6 is 22.7 Å². The Morgan fingerprint density at radius 1 is 0.205 bits per heavy atom. The van der Waals surface area contributed by atoms with Gasteiger partial charge in [-0.15, -0.1) is 22.7 Å². The predicted molar refractivity (Wildman–Crippen MR) is 464 cm³/mol. The van der Waals surface area contributed by atoms with Gasteiger partial charge in [0.15, 0.2) is 34.9 Å². The Morgan fingerprint density at radius 3 is 1.00 bits per heavy atom. The Kier molecular flexibility index (Phi) is 16.4. The molecule has 524 valence electrons. The maximum absolute atomic E-state index is 5.29. The molecule has 12 heteroatoms. The minimum Gasteiger partial charge on any atom is -0.308 e. The van der Waals surface area contributed by atoms with Crippen molar-refractivity contribution in [3.63, 3.8) is 0 Å². The van der Waals surface area contributed by atoms with E-state index in [9.17, 15) is 0 Å². The van der Waals surface area contributed by atoms with Crippen molar-refractivity contribution in [1.29, 1.82) is 0 Å². The Morgan fingerprint density at radius 2 is 0.545 bits per heavy atom. The topological polar surface area (TPSA) is 113 Å². The number of rotatable bonds is 12. The fraction of sp³-hybridized carbons (Fsp3) is 0. The molecule has 8 aromatic heterocycles. The van der Waals surface area contributed by atoms with Crippen LogP contribution in [0.1, 0.15) is 0 Å². The van der Waals surface area contributed by atoms with Crippen molar-refractivity contribution in [1.82, 2.24) is 49.0 Å². The van der Waals surface area contributed by atoms with Crippen molar-refractivity contribution in [2.24, 2.45) is 0 Å². The van der Waals surface area contributed by atoms with Gasteiger partial charge in [-0.1, -0.05) is 309 Å². The zero-order valence-corrected chi connectivity index (χ0v) is 61.7. The molecule has 0 spiro atoms. The molecular formula is C100H62N10S2. The molecule has 0 bridgehead atoms. The third-order valence-electron chi connectivity index (χ3n) is 21.0. The second-order valence-corrected chi connectivity index (χ2v) is 29.8. The van der Waals surface area contributed by atoms with Crippen LogP contribution in [0.4, 0.5) is 0 Å². The van der Waals surface area contributed by atoms with Gasteiger partial charge in [-0.3, -0.25) is 9.97 Å². The minimum absolute atomic E-state index is 0.572. The van der Waals surface area contributed by atoms with Crippen LogP contribution in [0.3, 0.4) is 0 Å². The average Bonchev–Trinajstić information content (AvgIpc) is 1.54. The van der Waals surface area contributed by atoms with E-state index < -0.39 is 0 Å². The molecule has 0 aliphatic rings. The molecule has 0 fully saturated rings. The average molecular weight is 1470 g/mol. The number of hydrogen-bond donors (Lipinski definition) is 0. The fourth-order valence-corrected chi connectivity index (χ4v) is 18.4. The van der Waals surface area contributed by atoms with Crippen LogP contribution in [0.2, 0.25) is 0 Å². The van der Waals surface area contributed by atoms with Gasteiger partial charge in [0.05, 0.1) is 42.9 Å². The molecule has 14 aromatic carbocycles. The fourth-order valence-electron chi connectivity index (χ4n) is 15.8. The van der Waals surface area contributed by atoms with Gasteiger partial charge in [0, 0.05) is 132 Å². The molecule has 112 heavy (non-hydrogen) atoms. The molecule has 8 heterocycles. The highest BCUT2D eigenvalue weighted by Crippen LogP contribution is 2.49. The van der Waals surface area contributed by atoms with Crippen LogP contribution in [-0.2, 0) is 0 Å². The highest BCUT2D eigenvalue weighted by molar-refractivity contribution is 7.27. The first-order valence-electron chi connectivity index (χ1n) is 37.3. The number of hydrogen-bond acceptors (Lipinski definition) is 10. The first-order chi connectivity index (χ1) is 55.5. The number of para-hydroxylation sites is 4. The number of benzene rings is 14. The highest BCUT2D eigenvalue weighted by atomic mass is 32.1. The number of thiophene rings is 2. The summed E-state index contributed by atoms with van der Waals surface area (Å²) in [6.07, 6.45) is 3.94. The summed E-state index contributed by atoms with van der Waals surface area (Å²) in [6.45, 7) is 0. The van der Waals surface area contributed by atoms with E-state index in [1.165, 1.54) is 84.0 Å².